The zero-order chi connectivity index (χ0) is 12.4. The minimum Gasteiger partial charge on any atom is -0.478 e. The maximum atomic E-state index is 11.0. The Hall–Kier alpha value is -2.31. The fourth-order valence-corrected chi connectivity index (χ4v) is 1.65. The molecule has 7 heteroatoms. The van der Waals surface area contributed by atoms with E-state index in [-0.39, 0.29) is 23.2 Å². The summed E-state index contributed by atoms with van der Waals surface area (Å²) in [5.74, 6) is -0.733. The second-order valence-electron chi connectivity index (χ2n) is 3.81. The highest BCUT2D eigenvalue weighted by molar-refractivity contribution is 5.94. The van der Waals surface area contributed by atoms with Crippen LogP contribution in [0.3, 0.4) is 0 Å². The number of carbonyl (C=O) groups excluding carboxylic acids is 1. The van der Waals surface area contributed by atoms with Crippen molar-refractivity contribution in [3.8, 4) is 0 Å². The molecule has 1 fully saturated rings. The Labute approximate surface area is 97.0 Å². The highest BCUT2D eigenvalue weighted by Crippen LogP contribution is 2.16. The third kappa shape index (κ3) is 2.44. The van der Waals surface area contributed by atoms with E-state index < -0.39 is 5.97 Å². The Morgan fingerprint density at radius 1 is 1.65 bits per heavy atom. The standard InChI is InChI=1S/C10H12N4O3/c11-7-4-12-8(2-6(7)10(16)17)14-5-1-9(15)13-3-5/h2,4-5H,1,3,11H2,(H,12,14)(H,13,15)(H,16,17). The van der Waals surface area contributed by atoms with E-state index in [1.54, 1.807) is 0 Å². The number of nitrogens with zero attached hydrogens (tertiary/aromatic N) is 1. The lowest BCUT2D eigenvalue weighted by Gasteiger charge is -2.11. The molecule has 1 atom stereocenters. The highest BCUT2D eigenvalue weighted by atomic mass is 16.4. The minimum atomic E-state index is -1.10. The number of aromatic nitrogens is 1. The molecule has 0 aliphatic carbocycles. The number of pyridine rings is 1. The quantitative estimate of drug-likeness (QED) is 0.570. The summed E-state index contributed by atoms with van der Waals surface area (Å²) in [5.41, 5.74) is 5.60. The van der Waals surface area contributed by atoms with Crippen molar-refractivity contribution in [3.63, 3.8) is 0 Å². The third-order valence-corrected chi connectivity index (χ3v) is 2.49. The lowest BCUT2D eigenvalue weighted by molar-refractivity contribution is -0.119. The predicted octanol–water partition coefficient (Wildman–Crippen LogP) is -0.338. The molecule has 1 aromatic heterocycles. The molecule has 17 heavy (non-hydrogen) atoms. The van der Waals surface area contributed by atoms with Crippen molar-refractivity contribution in [1.82, 2.24) is 10.3 Å². The van der Waals surface area contributed by atoms with Gasteiger partial charge in [-0.1, -0.05) is 0 Å². The van der Waals surface area contributed by atoms with E-state index in [1.165, 1.54) is 12.3 Å². The van der Waals surface area contributed by atoms with E-state index in [0.717, 1.165) is 0 Å². The Balaban J connectivity index is 2.14. The smallest absolute Gasteiger partial charge is 0.337 e. The number of nitrogens with one attached hydrogen (secondary N) is 2. The maximum Gasteiger partial charge on any atom is 0.337 e. The van der Waals surface area contributed by atoms with Crippen molar-refractivity contribution in [2.45, 2.75) is 12.5 Å². The number of hydrogen-bond acceptors (Lipinski definition) is 5. The van der Waals surface area contributed by atoms with Gasteiger partial charge in [0.1, 0.15) is 5.82 Å². The first-order chi connectivity index (χ1) is 8.06. The van der Waals surface area contributed by atoms with Gasteiger partial charge in [0.2, 0.25) is 5.91 Å². The van der Waals surface area contributed by atoms with Crippen molar-refractivity contribution in [2.24, 2.45) is 0 Å². The number of carboxylic acids is 1. The molecular formula is C10H12N4O3. The van der Waals surface area contributed by atoms with Gasteiger partial charge in [-0.2, -0.15) is 0 Å². The van der Waals surface area contributed by atoms with Gasteiger partial charge in [-0.3, -0.25) is 4.79 Å². The van der Waals surface area contributed by atoms with Crippen LogP contribution in [0.25, 0.3) is 0 Å². The molecule has 2 heterocycles. The first-order valence-corrected chi connectivity index (χ1v) is 5.08. The van der Waals surface area contributed by atoms with Gasteiger partial charge in [-0.05, 0) is 6.07 Å². The molecule has 0 spiro atoms. The molecule has 5 N–H and O–H groups in total. The number of hydrogen-bond donors (Lipinski definition) is 4. The molecule has 1 aromatic rings. The van der Waals surface area contributed by atoms with Gasteiger partial charge in [0.15, 0.2) is 0 Å². The second kappa shape index (κ2) is 4.28. The number of amides is 1. The summed E-state index contributed by atoms with van der Waals surface area (Å²) in [6, 6.07) is 1.29. The molecule has 0 saturated carbocycles. The van der Waals surface area contributed by atoms with Crippen LogP contribution in [0.15, 0.2) is 12.3 Å². The summed E-state index contributed by atoms with van der Waals surface area (Å²) in [7, 11) is 0. The van der Waals surface area contributed by atoms with E-state index in [1.807, 2.05) is 0 Å². The Morgan fingerprint density at radius 2 is 2.41 bits per heavy atom. The van der Waals surface area contributed by atoms with Crippen molar-refractivity contribution < 1.29 is 14.7 Å². The molecule has 90 valence electrons. The second-order valence-corrected chi connectivity index (χ2v) is 3.81. The van der Waals surface area contributed by atoms with Crippen LogP contribution in [-0.4, -0.2) is 34.6 Å². The summed E-state index contributed by atoms with van der Waals surface area (Å²) in [6.45, 7) is 0.507. The fraction of sp³-hybridized carbons (Fsp3) is 0.300. The SMILES string of the molecule is Nc1cnc(NC2CNC(=O)C2)cc1C(=O)O. The van der Waals surface area contributed by atoms with Crippen LogP contribution in [0.4, 0.5) is 11.5 Å². The lowest BCUT2D eigenvalue weighted by atomic mass is 10.2. The van der Waals surface area contributed by atoms with Crippen LogP contribution < -0.4 is 16.4 Å². The summed E-state index contributed by atoms with van der Waals surface area (Å²) in [4.78, 5) is 25.8. The molecule has 1 unspecified atom stereocenters. The van der Waals surface area contributed by atoms with Crippen LogP contribution in [0.5, 0.6) is 0 Å². The average Bonchev–Trinajstić information content (AvgIpc) is 2.66. The van der Waals surface area contributed by atoms with Gasteiger partial charge >= 0.3 is 5.97 Å². The summed E-state index contributed by atoms with van der Waals surface area (Å²) in [5, 5.41) is 14.5. The van der Waals surface area contributed by atoms with Crippen LogP contribution in [0.1, 0.15) is 16.8 Å². The maximum absolute atomic E-state index is 11.0. The zero-order valence-electron chi connectivity index (χ0n) is 8.93. The van der Waals surface area contributed by atoms with Gasteiger partial charge < -0.3 is 21.5 Å². The van der Waals surface area contributed by atoms with Crippen LogP contribution >= 0.6 is 0 Å². The molecule has 1 amide bonds. The van der Waals surface area contributed by atoms with Crippen LogP contribution in [0.2, 0.25) is 0 Å². The van der Waals surface area contributed by atoms with E-state index >= 15 is 0 Å². The topological polar surface area (TPSA) is 117 Å². The third-order valence-electron chi connectivity index (χ3n) is 2.49. The number of aromatic carboxylic acids is 1. The van der Waals surface area contributed by atoms with E-state index in [2.05, 4.69) is 15.6 Å². The van der Waals surface area contributed by atoms with Crippen molar-refractivity contribution in [1.29, 1.82) is 0 Å². The first kappa shape index (κ1) is 11.2. The Kier molecular flexibility index (Phi) is 2.82. The van der Waals surface area contributed by atoms with E-state index in [0.29, 0.717) is 18.8 Å². The zero-order valence-corrected chi connectivity index (χ0v) is 8.93. The molecule has 0 aromatic carbocycles. The summed E-state index contributed by atoms with van der Waals surface area (Å²) < 4.78 is 0. The molecule has 1 aliphatic rings. The number of rotatable bonds is 3. The van der Waals surface area contributed by atoms with Gasteiger partial charge in [-0.15, -0.1) is 0 Å². The number of carbonyl (C=O) groups is 2. The van der Waals surface area contributed by atoms with Gasteiger partial charge in [0.25, 0.3) is 0 Å². The van der Waals surface area contributed by atoms with E-state index in [9.17, 15) is 9.59 Å². The average molecular weight is 236 g/mol. The van der Waals surface area contributed by atoms with Crippen LogP contribution in [0, 0.1) is 0 Å². The summed E-state index contributed by atoms with van der Waals surface area (Å²) >= 11 is 0. The number of nitrogens with two attached hydrogens (primary N) is 1. The predicted molar refractivity (Wildman–Crippen MR) is 60.6 cm³/mol. The molecule has 2 rings (SSSR count). The number of anilines is 2. The van der Waals surface area contributed by atoms with Gasteiger partial charge in [0.05, 0.1) is 23.5 Å². The Morgan fingerprint density at radius 3 is 3.00 bits per heavy atom. The molecule has 0 bridgehead atoms. The first-order valence-electron chi connectivity index (χ1n) is 5.08. The van der Waals surface area contributed by atoms with E-state index in [4.69, 9.17) is 10.8 Å². The minimum absolute atomic E-state index is 0.000201. The number of carboxylic acid groups (broad SMARTS) is 1. The molecule has 0 radical (unpaired) electrons. The van der Waals surface area contributed by atoms with Crippen molar-refractivity contribution in [2.75, 3.05) is 17.6 Å². The fourth-order valence-electron chi connectivity index (χ4n) is 1.65. The molecular weight excluding hydrogens is 224 g/mol. The lowest BCUT2D eigenvalue weighted by Crippen LogP contribution is -2.23. The largest absolute Gasteiger partial charge is 0.478 e. The Bertz CT molecular complexity index is 475. The summed E-state index contributed by atoms with van der Waals surface area (Å²) in [6.07, 6.45) is 1.64. The van der Waals surface area contributed by atoms with Crippen molar-refractivity contribution in [3.05, 3.63) is 17.8 Å². The van der Waals surface area contributed by atoms with Gasteiger partial charge in [0, 0.05) is 13.0 Å². The van der Waals surface area contributed by atoms with Gasteiger partial charge in [-0.25, -0.2) is 9.78 Å². The van der Waals surface area contributed by atoms with Crippen molar-refractivity contribution >= 4 is 23.4 Å². The highest BCUT2D eigenvalue weighted by Gasteiger charge is 2.21. The normalized spacial score (nSPS) is 18.8. The number of nitrogen functional groups attached to an aromatic ring is 1. The molecule has 7 nitrogen and oxygen atoms in total. The van der Waals surface area contributed by atoms with Crippen LogP contribution in [-0.2, 0) is 4.79 Å². The molecule has 1 aliphatic heterocycles. The molecule has 1 saturated heterocycles. The monoisotopic (exact) mass is 236 g/mol.